The predicted molar refractivity (Wildman–Crippen MR) is 500 cm³/mol. The van der Waals surface area contributed by atoms with Gasteiger partial charge in [-0.3, -0.25) is 32.5 Å². The zero-order valence-corrected chi connectivity index (χ0v) is 77.5. The standard InChI is InChI=1S/C101H176O16P2/c1-4-7-10-13-16-19-22-25-27-29-31-33-35-37-39-41-43-45-47-49-51-53-55-57-59-61-63-65-67-70-72-75-78-81-84-87-99(104)111-90-96(102)91-113-118(107,108)114-92-97(103)93-115-119(109,110)116-95-98(117-101(106)89-86-83-80-77-74-69-24-21-18-15-12-9-6-3)94-112-100(105)88-85-82-79-76-73-71-68-66-64-62-60-58-56-54-52-50-48-46-44-42-40-38-36-34-32-30-28-26-23-20-17-14-11-8-5-2/h7-8,10-11,16-17,19-21,24-28,31-34,37-40,43,45,96-98,102-103H,4-6,9,12-15,18,22-23,29-30,35-36,41-42,44,46-95H2,1-3H3,(H,107,108)(H,109,110)/b10-7-,11-8-,19-16-,20-17-,24-21-,27-25-,28-26-,33-31-,34-32-,39-37-,40-38-,45-43-. The molecule has 4 N–H and O–H groups in total. The van der Waals surface area contributed by atoms with E-state index < -0.39 is 91.5 Å². The molecule has 0 aliphatic heterocycles. The molecule has 686 valence electrons. The summed E-state index contributed by atoms with van der Waals surface area (Å²) in [5.41, 5.74) is 0. The Hall–Kier alpha value is -4.57. The molecule has 5 unspecified atom stereocenters. The summed E-state index contributed by atoms with van der Waals surface area (Å²) in [4.78, 5) is 58.9. The van der Waals surface area contributed by atoms with Gasteiger partial charge in [0.25, 0.3) is 0 Å². The zero-order chi connectivity index (χ0) is 86.5. The molecule has 119 heavy (non-hydrogen) atoms. The highest BCUT2D eigenvalue weighted by molar-refractivity contribution is 7.47. The van der Waals surface area contributed by atoms with Gasteiger partial charge in [-0.05, 0) is 141 Å². The number of hydrogen-bond acceptors (Lipinski definition) is 14. The number of esters is 3. The number of ether oxygens (including phenoxy) is 3. The zero-order valence-electron chi connectivity index (χ0n) is 75.8. The van der Waals surface area contributed by atoms with Crippen LogP contribution in [0.2, 0.25) is 0 Å². The van der Waals surface area contributed by atoms with E-state index in [0.717, 1.165) is 148 Å². The Morgan fingerprint density at radius 3 is 0.714 bits per heavy atom. The van der Waals surface area contributed by atoms with Crippen molar-refractivity contribution in [2.75, 3.05) is 39.6 Å². The maximum absolute atomic E-state index is 13.0. The van der Waals surface area contributed by atoms with Crippen molar-refractivity contribution in [3.8, 4) is 0 Å². The van der Waals surface area contributed by atoms with E-state index in [1.165, 1.54) is 212 Å². The number of rotatable bonds is 91. The van der Waals surface area contributed by atoms with Crippen LogP contribution < -0.4 is 0 Å². The Balaban J connectivity index is 4.35. The van der Waals surface area contributed by atoms with Gasteiger partial charge >= 0.3 is 33.6 Å². The molecule has 0 radical (unpaired) electrons. The fraction of sp³-hybridized carbons (Fsp3) is 0.733. The maximum Gasteiger partial charge on any atom is 0.472 e. The summed E-state index contributed by atoms with van der Waals surface area (Å²) >= 11 is 0. The summed E-state index contributed by atoms with van der Waals surface area (Å²) in [7, 11) is -9.80. The summed E-state index contributed by atoms with van der Waals surface area (Å²) in [6.45, 7) is 2.49. The van der Waals surface area contributed by atoms with Crippen LogP contribution in [-0.4, -0.2) is 95.9 Å². The highest BCUT2D eigenvalue weighted by Crippen LogP contribution is 2.45. The van der Waals surface area contributed by atoms with E-state index in [9.17, 15) is 43.5 Å². The fourth-order valence-electron chi connectivity index (χ4n) is 13.3. The molecule has 0 heterocycles. The summed E-state index contributed by atoms with van der Waals surface area (Å²) < 4.78 is 61.4. The number of carbonyl (C=O) groups is 3. The third kappa shape index (κ3) is 94.0. The largest absolute Gasteiger partial charge is 0.472 e. The second-order valence-electron chi connectivity index (χ2n) is 32.1. The number of hydrogen-bond donors (Lipinski definition) is 4. The Morgan fingerprint density at radius 2 is 0.445 bits per heavy atom. The lowest BCUT2D eigenvalue weighted by molar-refractivity contribution is -0.161. The average Bonchev–Trinajstić information content (AvgIpc) is 0.893. The molecule has 0 aromatic heterocycles. The molecule has 0 aromatic rings. The Kier molecular flexibility index (Phi) is 89.1. The first kappa shape index (κ1) is 114. The molecule has 0 aliphatic rings. The molecule has 5 atom stereocenters. The van der Waals surface area contributed by atoms with Crippen LogP contribution in [0.5, 0.6) is 0 Å². The average molecular weight is 1710 g/mol. The van der Waals surface area contributed by atoms with Crippen molar-refractivity contribution in [2.45, 2.75) is 437 Å². The Morgan fingerprint density at radius 1 is 0.244 bits per heavy atom. The third-order valence-electron chi connectivity index (χ3n) is 20.5. The predicted octanol–water partition coefficient (Wildman–Crippen LogP) is 29.9. The number of carbonyl (C=O) groups excluding carboxylic acids is 3. The molecule has 16 nitrogen and oxygen atoms in total. The molecule has 0 saturated heterocycles. The van der Waals surface area contributed by atoms with Crippen molar-refractivity contribution in [2.24, 2.45) is 0 Å². The van der Waals surface area contributed by atoms with Crippen molar-refractivity contribution >= 4 is 33.6 Å². The van der Waals surface area contributed by atoms with Crippen LogP contribution in [0.1, 0.15) is 419 Å². The SMILES string of the molecule is CC/C=C\C/C=C\C/C=C\C/C=C\C/C=C\C/C=C\CCCCCCCCCCCCCCCCCCC(=O)OCC(O)COP(=O)(O)OCC(O)COP(=O)(O)OCC(COC(=O)CCCCCCCCCCCCCCCCCCCCC/C=C\C/C=C\C/C=C\C/C=C\C/C=C\CC)OC(=O)CCCCCCC/C=C\CCCCCC. The molecule has 0 rings (SSSR count). The van der Waals surface area contributed by atoms with Crippen molar-refractivity contribution in [3.63, 3.8) is 0 Å². The quantitative estimate of drug-likeness (QED) is 0.0146. The summed E-state index contributed by atoms with van der Waals surface area (Å²) in [6.07, 6.45) is 118. The number of allylic oxidation sites excluding steroid dienone is 24. The van der Waals surface area contributed by atoms with E-state index >= 15 is 0 Å². The van der Waals surface area contributed by atoms with Crippen LogP contribution in [0.15, 0.2) is 146 Å². The van der Waals surface area contributed by atoms with Gasteiger partial charge in [0.2, 0.25) is 0 Å². The number of aliphatic hydroxyl groups excluding tert-OH is 2. The number of unbranched alkanes of at least 4 members (excludes halogenated alkanes) is 44. The molecule has 0 saturated carbocycles. The molecular weight excluding hydrogens is 1530 g/mol. The Bertz CT molecular complexity index is 2740. The number of phosphoric acid groups is 2. The highest BCUT2D eigenvalue weighted by atomic mass is 31.2. The lowest BCUT2D eigenvalue weighted by Crippen LogP contribution is -2.30. The van der Waals surface area contributed by atoms with Gasteiger partial charge < -0.3 is 34.2 Å². The van der Waals surface area contributed by atoms with Gasteiger partial charge in [-0.15, -0.1) is 0 Å². The van der Waals surface area contributed by atoms with E-state index in [2.05, 4.69) is 167 Å². The van der Waals surface area contributed by atoms with Crippen LogP contribution in [0, 0.1) is 0 Å². The number of aliphatic hydroxyl groups is 2. The second-order valence-corrected chi connectivity index (χ2v) is 35.0. The van der Waals surface area contributed by atoms with Gasteiger partial charge in [0.1, 0.15) is 25.4 Å². The smallest absolute Gasteiger partial charge is 0.463 e. The highest BCUT2D eigenvalue weighted by Gasteiger charge is 2.30. The molecule has 0 fully saturated rings. The molecule has 0 bridgehead atoms. The van der Waals surface area contributed by atoms with E-state index in [1.807, 2.05) is 0 Å². The van der Waals surface area contributed by atoms with E-state index in [0.29, 0.717) is 19.3 Å². The molecule has 0 spiro atoms. The van der Waals surface area contributed by atoms with Crippen LogP contribution >= 0.6 is 15.6 Å². The monoisotopic (exact) mass is 1710 g/mol. The summed E-state index contributed by atoms with van der Waals surface area (Å²) in [5.74, 6) is -1.56. The lowest BCUT2D eigenvalue weighted by atomic mass is 10.0. The van der Waals surface area contributed by atoms with Crippen molar-refractivity contribution in [3.05, 3.63) is 146 Å². The normalized spacial score (nSPS) is 14.4. The topological polar surface area (TPSA) is 231 Å². The molecular formula is C101H176O16P2. The molecule has 0 aliphatic carbocycles. The van der Waals surface area contributed by atoms with Gasteiger partial charge in [0.05, 0.1) is 26.4 Å². The molecule has 18 heteroatoms. The van der Waals surface area contributed by atoms with Crippen LogP contribution in [-0.2, 0) is 55.8 Å². The van der Waals surface area contributed by atoms with Crippen molar-refractivity contribution in [1.29, 1.82) is 0 Å². The first-order valence-corrected chi connectivity index (χ1v) is 51.1. The second kappa shape index (κ2) is 92.6. The summed E-state index contributed by atoms with van der Waals surface area (Å²) in [5, 5.41) is 20.7. The van der Waals surface area contributed by atoms with Gasteiger partial charge in [0.15, 0.2) is 6.10 Å². The van der Waals surface area contributed by atoms with Gasteiger partial charge in [-0.25, -0.2) is 9.13 Å². The summed E-state index contributed by atoms with van der Waals surface area (Å²) in [6, 6.07) is 0. The minimum atomic E-state index is -4.94. The first-order valence-electron chi connectivity index (χ1n) is 48.1. The van der Waals surface area contributed by atoms with E-state index in [-0.39, 0.29) is 19.3 Å². The Labute approximate surface area is 728 Å². The van der Waals surface area contributed by atoms with Gasteiger partial charge in [0, 0.05) is 19.3 Å². The minimum absolute atomic E-state index is 0.0961. The van der Waals surface area contributed by atoms with Crippen LogP contribution in [0.4, 0.5) is 0 Å². The fourth-order valence-corrected chi connectivity index (χ4v) is 14.9. The maximum atomic E-state index is 13.0. The van der Waals surface area contributed by atoms with E-state index in [1.54, 1.807) is 0 Å². The van der Waals surface area contributed by atoms with Crippen LogP contribution in [0.25, 0.3) is 0 Å². The van der Waals surface area contributed by atoms with Gasteiger partial charge in [-0.1, -0.05) is 404 Å². The minimum Gasteiger partial charge on any atom is -0.463 e. The van der Waals surface area contributed by atoms with E-state index in [4.69, 9.17) is 32.3 Å². The molecule has 0 amide bonds. The third-order valence-corrected chi connectivity index (χ3v) is 22.4. The van der Waals surface area contributed by atoms with Gasteiger partial charge in [-0.2, -0.15) is 0 Å². The van der Waals surface area contributed by atoms with Crippen molar-refractivity contribution < 1.29 is 75.8 Å². The number of phosphoric ester groups is 2. The lowest BCUT2D eigenvalue weighted by Gasteiger charge is -2.21. The molecule has 0 aromatic carbocycles. The first-order chi connectivity index (χ1) is 58.2. The van der Waals surface area contributed by atoms with Crippen LogP contribution in [0.3, 0.4) is 0 Å². The van der Waals surface area contributed by atoms with Crippen molar-refractivity contribution in [1.82, 2.24) is 0 Å².